The largest absolute Gasteiger partial charge is 0.492 e. The summed E-state index contributed by atoms with van der Waals surface area (Å²) in [7, 11) is 4.47. The first kappa shape index (κ1) is 23.9. The van der Waals surface area contributed by atoms with Crippen LogP contribution >= 0.6 is 0 Å². The fourth-order valence-corrected chi connectivity index (χ4v) is 3.52. The molecule has 0 saturated carbocycles. The van der Waals surface area contributed by atoms with Crippen molar-refractivity contribution in [3.8, 4) is 28.7 Å². The highest BCUT2D eigenvalue weighted by atomic mass is 16.5. The summed E-state index contributed by atoms with van der Waals surface area (Å²) in [5.74, 6) is 1.48. The molecule has 0 aromatic heterocycles. The molecule has 0 saturated heterocycles. The van der Waals surface area contributed by atoms with E-state index in [0.717, 1.165) is 23.1 Å². The molecule has 7 nitrogen and oxygen atoms in total. The SMILES string of the molecule is COc1c(Oc2ccc(CCN)cc2)cc(C(=O)NCc2ccccc2C)c(OC)c1OC. The third-order valence-electron chi connectivity index (χ3n) is 5.30. The van der Waals surface area contributed by atoms with Crippen LogP contribution < -0.4 is 30.0 Å². The average Bonchev–Trinajstić information content (AvgIpc) is 2.83. The molecule has 0 bridgehead atoms. The Bertz CT molecular complexity index is 1100. The van der Waals surface area contributed by atoms with Crippen molar-refractivity contribution >= 4 is 5.91 Å². The molecule has 33 heavy (non-hydrogen) atoms. The third kappa shape index (κ3) is 5.56. The smallest absolute Gasteiger partial charge is 0.255 e. The van der Waals surface area contributed by atoms with Gasteiger partial charge in [-0.15, -0.1) is 0 Å². The highest BCUT2D eigenvalue weighted by Gasteiger charge is 2.26. The molecule has 0 fully saturated rings. The van der Waals surface area contributed by atoms with Gasteiger partial charge in [-0.1, -0.05) is 36.4 Å². The zero-order valence-corrected chi connectivity index (χ0v) is 19.4. The summed E-state index contributed by atoms with van der Waals surface area (Å²) in [6.07, 6.45) is 0.783. The minimum absolute atomic E-state index is 0.266. The molecule has 0 aliphatic rings. The summed E-state index contributed by atoms with van der Waals surface area (Å²) in [6, 6.07) is 17.1. The van der Waals surface area contributed by atoms with Crippen molar-refractivity contribution in [3.05, 3.63) is 76.9 Å². The van der Waals surface area contributed by atoms with E-state index in [0.29, 0.717) is 30.3 Å². The first-order valence-corrected chi connectivity index (χ1v) is 10.6. The summed E-state index contributed by atoms with van der Waals surface area (Å²) in [6.45, 7) is 2.95. The Morgan fingerprint density at radius 3 is 2.18 bits per heavy atom. The van der Waals surface area contributed by atoms with Crippen LogP contribution in [0.2, 0.25) is 0 Å². The van der Waals surface area contributed by atoms with Gasteiger partial charge in [-0.25, -0.2) is 0 Å². The molecular formula is C26H30N2O5. The minimum atomic E-state index is -0.320. The summed E-state index contributed by atoms with van der Waals surface area (Å²) in [5, 5.41) is 2.95. The molecule has 3 N–H and O–H groups in total. The van der Waals surface area contributed by atoms with Crippen molar-refractivity contribution in [1.82, 2.24) is 5.32 Å². The number of methoxy groups -OCH3 is 3. The van der Waals surface area contributed by atoms with Crippen molar-refractivity contribution < 1.29 is 23.7 Å². The maximum Gasteiger partial charge on any atom is 0.255 e. The standard InChI is InChI=1S/C26H30N2O5/c1-17-7-5-6-8-19(17)16-28-26(29)21-15-22(24(31-3)25(32-4)23(21)30-2)33-20-11-9-18(10-12-20)13-14-27/h5-12,15H,13-14,16,27H2,1-4H3,(H,28,29). The number of benzene rings is 3. The number of rotatable bonds is 10. The van der Waals surface area contributed by atoms with Crippen LogP contribution in [0.15, 0.2) is 54.6 Å². The molecule has 0 unspecified atom stereocenters. The monoisotopic (exact) mass is 450 g/mol. The van der Waals surface area contributed by atoms with Crippen LogP contribution in [0.3, 0.4) is 0 Å². The molecule has 0 atom stereocenters. The summed E-state index contributed by atoms with van der Waals surface area (Å²) in [5.41, 5.74) is 9.13. The van der Waals surface area contributed by atoms with E-state index in [9.17, 15) is 4.79 Å². The van der Waals surface area contributed by atoms with E-state index < -0.39 is 0 Å². The van der Waals surface area contributed by atoms with Crippen molar-refractivity contribution in [2.75, 3.05) is 27.9 Å². The van der Waals surface area contributed by atoms with E-state index in [2.05, 4.69) is 5.32 Å². The molecule has 3 aromatic rings. The molecule has 0 radical (unpaired) electrons. The van der Waals surface area contributed by atoms with E-state index in [1.54, 1.807) is 6.07 Å². The van der Waals surface area contributed by atoms with Crippen LogP contribution in [0.1, 0.15) is 27.0 Å². The van der Waals surface area contributed by atoms with Crippen LogP contribution in [0.25, 0.3) is 0 Å². The second kappa shape index (κ2) is 11.2. The van der Waals surface area contributed by atoms with Gasteiger partial charge in [0.15, 0.2) is 11.5 Å². The van der Waals surface area contributed by atoms with Crippen molar-refractivity contribution in [1.29, 1.82) is 0 Å². The number of carbonyl (C=O) groups is 1. The average molecular weight is 451 g/mol. The third-order valence-corrected chi connectivity index (χ3v) is 5.30. The van der Waals surface area contributed by atoms with Gasteiger partial charge in [-0.05, 0) is 48.7 Å². The summed E-state index contributed by atoms with van der Waals surface area (Å²) in [4.78, 5) is 13.1. The second-order valence-electron chi connectivity index (χ2n) is 7.42. The molecule has 0 heterocycles. The maximum absolute atomic E-state index is 13.1. The van der Waals surface area contributed by atoms with Gasteiger partial charge < -0.3 is 30.0 Å². The first-order chi connectivity index (χ1) is 16.0. The Balaban J connectivity index is 1.95. The van der Waals surface area contributed by atoms with Gasteiger partial charge in [0, 0.05) is 12.6 Å². The van der Waals surface area contributed by atoms with Gasteiger partial charge in [0.1, 0.15) is 5.75 Å². The number of nitrogens with two attached hydrogens (primary N) is 1. The molecule has 3 aromatic carbocycles. The van der Waals surface area contributed by atoms with Gasteiger partial charge in [-0.3, -0.25) is 4.79 Å². The van der Waals surface area contributed by atoms with Crippen molar-refractivity contribution in [3.63, 3.8) is 0 Å². The number of ether oxygens (including phenoxy) is 4. The maximum atomic E-state index is 13.1. The van der Waals surface area contributed by atoms with Gasteiger partial charge in [0.2, 0.25) is 11.5 Å². The lowest BCUT2D eigenvalue weighted by Crippen LogP contribution is -2.24. The van der Waals surface area contributed by atoms with E-state index in [-0.39, 0.29) is 23.0 Å². The van der Waals surface area contributed by atoms with Gasteiger partial charge in [0.25, 0.3) is 5.91 Å². The Morgan fingerprint density at radius 1 is 0.909 bits per heavy atom. The molecule has 0 spiro atoms. The second-order valence-corrected chi connectivity index (χ2v) is 7.42. The van der Waals surface area contributed by atoms with E-state index in [1.165, 1.54) is 21.3 Å². The molecular weight excluding hydrogens is 420 g/mol. The molecule has 3 rings (SSSR count). The number of aryl methyl sites for hydroxylation is 1. The summed E-state index contributed by atoms with van der Waals surface area (Å²) < 4.78 is 22.7. The highest BCUT2D eigenvalue weighted by Crippen LogP contribution is 2.47. The van der Waals surface area contributed by atoms with Crippen LogP contribution in [0.5, 0.6) is 28.7 Å². The Kier molecular flexibility index (Phi) is 8.16. The fourth-order valence-electron chi connectivity index (χ4n) is 3.52. The lowest BCUT2D eigenvalue weighted by molar-refractivity contribution is 0.0946. The normalized spacial score (nSPS) is 10.5. The van der Waals surface area contributed by atoms with E-state index in [1.807, 2.05) is 55.5 Å². The van der Waals surface area contributed by atoms with Crippen molar-refractivity contribution in [2.24, 2.45) is 5.73 Å². The van der Waals surface area contributed by atoms with Gasteiger partial charge in [0.05, 0.1) is 26.9 Å². The lowest BCUT2D eigenvalue weighted by Gasteiger charge is -2.19. The molecule has 0 aliphatic heterocycles. The van der Waals surface area contributed by atoms with Gasteiger partial charge in [-0.2, -0.15) is 0 Å². The number of nitrogens with one attached hydrogen (secondary N) is 1. The predicted octanol–water partition coefficient (Wildman–Crippen LogP) is 4.24. The number of hydrogen-bond donors (Lipinski definition) is 2. The highest BCUT2D eigenvalue weighted by molar-refractivity contribution is 5.99. The van der Waals surface area contributed by atoms with Crippen molar-refractivity contribution in [2.45, 2.75) is 19.9 Å². The Hall–Kier alpha value is -3.71. The van der Waals surface area contributed by atoms with Crippen LogP contribution in [-0.2, 0) is 13.0 Å². The first-order valence-electron chi connectivity index (χ1n) is 10.6. The fraction of sp³-hybridized carbons (Fsp3) is 0.269. The summed E-state index contributed by atoms with van der Waals surface area (Å²) >= 11 is 0. The van der Waals surface area contributed by atoms with Gasteiger partial charge >= 0.3 is 0 Å². The van der Waals surface area contributed by atoms with Crippen LogP contribution in [0.4, 0.5) is 0 Å². The lowest BCUT2D eigenvalue weighted by atomic mass is 10.1. The van der Waals surface area contributed by atoms with E-state index >= 15 is 0 Å². The molecule has 0 aliphatic carbocycles. The minimum Gasteiger partial charge on any atom is -0.492 e. The number of carbonyl (C=O) groups excluding carboxylic acids is 1. The molecule has 1 amide bonds. The Labute approximate surface area is 194 Å². The van der Waals surface area contributed by atoms with E-state index in [4.69, 9.17) is 24.7 Å². The zero-order chi connectivity index (χ0) is 23.8. The quantitative estimate of drug-likeness (QED) is 0.480. The predicted molar refractivity (Wildman–Crippen MR) is 128 cm³/mol. The molecule has 7 heteroatoms. The Morgan fingerprint density at radius 2 is 1.58 bits per heavy atom. The van der Waals surface area contributed by atoms with Crippen LogP contribution in [-0.4, -0.2) is 33.8 Å². The number of amides is 1. The topological polar surface area (TPSA) is 92.0 Å². The van der Waals surface area contributed by atoms with Crippen LogP contribution in [0, 0.1) is 6.92 Å². The molecule has 174 valence electrons. The zero-order valence-electron chi connectivity index (χ0n) is 19.4. The number of hydrogen-bond acceptors (Lipinski definition) is 6.